The average molecular weight is 379 g/mol. The van der Waals surface area contributed by atoms with Crippen molar-refractivity contribution in [1.29, 1.82) is 0 Å². The normalized spacial score (nSPS) is 20.1. The molecule has 146 valence electrons. The van der Waals surface area contributed by atoms with Gasteiger partial charge in [-0.25, -0.2) is 4.79 Å². The van der Waals surface area contributed by atoms with Crippen molar-refractivity contribution in [2.45, 2.75) is 25.4 Å². The van der Waals surface area contributed by atoms with E-state index >= 15 is 0 Å². The lowest BCUT2D eigenvalue weighted by Gasteiger charge is -2.33. The van der Waals surface area contributed by atoms with E-state index in [4.69, 9.17) is 4.74 Å². The van der Waals surface area contributed by atoms with Crippen molar-refractivity contribution in [2.75, 3.05) is 31.1 Å². The van der Waals surface area contributed by atoms with Gasteiger partial charge in [-0.05, 0) is 43.1 Å². The van der Waals surface area contributed by atoms with Crippen LogP contribution in [0.2, 0.25) is 0 Å². The Bertz CT molecular complexity index is 840. The van der Waals surface area contributed by atoms with Crippen LogP contribution >= 0.6 is 0 Å². The number of hydrogen-bond acceptors (Lipinski definition) is 4. The molecule has 4 rings (SSSR count). The van der Waals surface area contributed by atoms with Gasteiger partial charge in [0.2, 0.25) is 0 Å². The number of nitrogens with zero attached hydrogens (tertiary/aromatic N) is 2. The number of amides is 2. The van der Waals surface area contributed by atoms with E-state index in [-0.39, 0.29) is 18.0 Å². The fraction of sp³-hybridized carbons (Fsp3) is 0.364. The van der Waals surface area contributed by atoms with E-state index in [1.165, 1.54) is 5.56 Å². The summed E-state index contributed by atoms with van der Waals surface area (Å²) in [7, 11) is 0. The fourth-order valence-electron chi connectivity index (χ4n) is 3.87. The molecule has 1 unspecified atom stereocenters. The molecular weight excluding hydrogens is 354 g/mol. The Labute approximate surface area is 165 Å². The first kappa shape index (κ1) is 18.5. The highest BCUT2D eigenvalue weighted by molar-refractivity contribution is 5.97. The molecule has 0 bridgehead atoms. The summed E-state index contributed by atoms with van der Waals surface area (Å²) in [6.07, 6.45) is 1.69. The Morgan fingerprint density at radius 1 is 1.11 bits per heavy atom. The molecule has 2 saturated heterocycles. The van der Waals surface area contributed by atoms with Gasteiger partial charge in [0.25, 0.3) is 5.91 Å². The zero-order chi connectivity index (χ0) is 19.3. The van der Waals surface area contributed by atoms with Crippen LogP contribution in [0.1, 0.15) is 28.8 Å². The van der Waals surface area contributed by atoms with E-state index in [0.717, 1.165) is 32.5 Å². The highest BCUT2D eigenvalue weighted by Gasteiger charge is 2.25. The van der Waals surface area contributed by atoms with Crippen molar-refractivity contribution in [1.82, 2.24) is 10.2 Å². The molecule has 6 nitrogen and oxygen atoms in total. The molecule has 0 aliphatic carbocycles. The molecule has 28 heavy (non-hydrogen) atoms. The maximum absolute atomic E-state index is 12.8. The summed E-state index contributed by atoms with van der Waals surface area (Å²) in [4.78, 5) is 28.5. The van der Waals surface area contributed by atoms with E-state index in [9.17, 15) is 9.59 Å². The molecule has 2 amide bonds. The third kappa shape index (κ3) is 4.34. The van der Waals surface area contributed by atoms with Crippen molar-refractivity contribution >= 4 is 17.7 Å². The van der Waals surface area contributed by atoms with Gasteiger partial charge in [-0.3, -0.25) is 14.6 Å². The number of nitrogens with one attached hydrogen (secondary N) is 1. The van der Waals surface area contributed by atoms with Crippen LogP contribution in [-0.2, 0) is 11.3 Å². The third-order valence-corrected chi connectivity index (χ3v) is 5.27. The molecule has 2 aromatic carbocycles. The molecule has 1 N–H and O–H groups in total. The minimum absolute atomic E-state index is 0.0963. The van der Waals surface area contributed by atoms with Crippen LogP contribution in [0.15, 0.2) is 54.6 Å². The minimum atomic E-state index is -0.360. The van der Waals surface area contributed by atoms with Gasteiger partial charge in [-0.15, -0.1) is 0 Å². The molecule has 2 fully saturated rings. The zero-order valence-electron chi connectivity index (χ0n) is 15.8. The van der Waals surface area contributed by atoms with Crippen molar-refractivity contribution in [3.05, 3.63) is 65.7 Å². The van der Waals surface area contributed by atoms with Gasteiger partial charge < -0.3 is 10.1 Å². The van der Waals surface area contributed by atoms with Crippen LogP contribution in [0, 0.1) is 0 Å². The first-order valence-corrected chi connectivity index (χ1v) is 9.80. The first-order valence-electron chi connectivity index (χ1n) is 9.80. The van der Waals surface area contributed by atoms with E-state index in [2.05, 4.69) is 34.5 Å². The van der Waals surface area contributed by atoms with Crippen molar-refractivity contribution in [3.8, 4) is 0 Å². The van der Waals surface area contributed by atoms with Crippen LogP contribution in [0.5, 0.6) is 0 Å². The highest BCUT2D eigenvalue weighted by Crippen LogP contribution is 2.20. The second-order valence-corrected chi connectivity index (χ2v) is 7.35. The summed E-state index contributed by atoms with van der Waals surface area (Å²) in [6.45, 7) is 3.70. The predicted octanol–water partition coefficient (Wildman–Crippen LogP) is 3.04. The molecule has 0 aromatic heterocycles. The number of benzene rings is 2. The number of rotatable bonds is 5. The molecule has 0 radical (unpaired) electrons. The zero-order valence-corrected chi connectivity index (χ0v) is 15.8. The van der Waals surface area contributed by atoms with E-state index in [0.29, 0.717) is 24.4 Å². The highest BCUT2D eigenvalue weighted by atomic mass is 16.6. The molecule has 1 atom stereocenters. The summed E-state index contributed by atoms with van der Waals surface area (Å²) in [5.74, 6) is -0.0963. The van der Waals surface area contributed by atoms with Gasteiger partial charge in [0.1, 0.15) is 6.61 Å². The van der Waals surface area contributed by atoms with Crippen LogP contribution in [-0.4, -0.2) is 49.2 Å². The summed E-state index contributed by atoms with van der Waals surface area (Å²) >= 11 is 0. The largest absolute Gasteiger partial charge is 0.447 e. The van der Waals surface area contributed by atoms with Gasteiger partial charge in [0, 0.05) is 30.4 Å². The molecule has 2 aliphatic rings. The van der Waals surface area contributed by atoms with E-state index in [1.54, 1.807) is 23.1 Å². The Kier molecular flexibility index (Phi) is 5.58. The Morgan fingerprint density at radius 2 is 1.96 bits per heavy atom. The molecule has 6 heteroatoms. The Balaban J connectivity index is 1.37. The number of likely N-dealkylation sites (tertiary alicyclic amines) is 1. The summed E-state index contributed by atoms with van der Waals surface area (Å²) in [6, 6.07) is 17.7. The minimum Gasteiger partial charge on any atom is -0.447 e. The number of cyclic esters (lactones) is 1. The lowest BCUT2D eigenvalue weighted by molar-refractivity contribution is 0.0900. The summed E-state index contributed by atoms with van der Waals surface area (Å²) < 4.78 is 4.98. The molecule has 2 aromatic rings. The van der Waals surface area contributed by atoms with Gasteiger partial charge in [-0.1, -0.05) is 36.4 Å². The summed E-state index contributed by atoms with van der Waals surface area (Å²) in [5, 5.41) is 3.16. The lowest BCUT2D eigenvalue weighted by atomic mass is 10.0. The van der Waals surface area contributed by atoms with Crippen LogP contribution in [0.4, 0.5) is 10.5 Å². The number of carbonyl (C=O) groups is 2. The standard InChI is InChI=1S/C22H25N3O3/c26-21(18-8-4-10-20(14-18)25-12-13-28-22(25)27)23-19-9-5-11-24(16-19)15-17-6-2-1-3-7-17/h1-4,6-8,10,14,19H,5,9,11-13,15-16H2,(H,23,26). The van der Waals surface area contributed by atoms with Crippen molar-refractivity contribution < 1.29 is 14.3 Å². The second kappa shape index (κ2) is 8.44. The quantitative estimate of drug-likeness (QED) is 0.867. The molecule has 2 heterocycles. The maximum Gasteiger partial charge on any atom is 0.414 e. The Hall–Kier alpha value is -2.86. The van der Waals surface area contributed by atoms with Crippen molar-refractivity contribution in [3.63, 3.8) is 0 Å². The molecule has 2 aliphatic heterocycles. The van der Waals surface area contributed by atoms with Crippen molar-refractivity contribution in [2.24, 2.45) is 0 Å². The number of ether oxygens (including phenoxy) is 1. The lowest BCUT2D eigenvalue weighted by Crippen LogP contribution is -2.47. The second-order valence-electron chi connectivity index (χ2n) is 7.35. The maximum atomic E-state index is 12.8. The van der Waals surface area contributed by atoms with Gasteiger partial charge in [-0.2, -0.15) is 0 Å². The molecule has 0 saturated carbocycles. The SMILES string of the molecule is O=C(NC1CCCN(Cc2ccccc2)C1)c1cccc(N2CCOC2=O)c1. The van der Waals surface area contributed by atoms with Crippen LogP contribution in [0.25, 0.3) is 0 Å². The van der Waals surface area contributed by atoms with Crippen LogP contribution < -0.4 is 10.2 Å². The van der Waals surface area contributed by atoms with E-state index < -0.39 is 0 Å². The van der Waals surface area contributed by atoms with Gasteiger partial charge >= 0.3 is 6.09 Å². The smallest absolute Gasteiger partial charge is 0.414 e. The fourth-order valence-corrected chi connectivity index (χ4v) is 3.87. The van der Waals surface area contributed by atoms with Crippen LogP contribution in [0.3, 0.4) is 0 Å². The monoisotopic (exact) mass is 379 g/mol. The Morgan fingerprint density at radius 3 is 2.75 bits per heavy atom. The summed E-state index contributed by atoms with van der Waals surface area (Å²) in [5.41, 5.74) is 2.56. The third-order valence-electron chi connectivity index (χ3n) is 5.27. The number of hydrogen-bond donors (Lipinski definition) is 1. The van der Waals surface area contributed by atoms with E-state index in [1.807, 2.05) is 12.1 Å². The van der Waals surface area contributed by atoms with Gasteiger partial charge in [0.05, 0.1) is 6.54 Å². The predicted molar refractivity (Wildman–Crippen MR) is 107 cm³/mol. The molecular formula is C22H25N3O3. The molecule has 0 spiro atoms. The topological polar surface area (TPSA) is 61.9 Å². The average Bonchev–Trinajstić information content (AvgIpc) is 3.15. The van der Waals surface area contributed by atoms with Gasteiger partial charge in [0.15, 0.2) is 0 Å². The number of anilines is 1. The first-order chi connectivity index (χ1) is 13.7. The number of carbonyl (C=O) groups excluding carboxylic acids is 2. The number of piperidine rings is 1.